The van der Waals surface area contributed by atoms with Gasteiger partial charge in [0.25, 0.3) is 0 Å². The van der Waals surface area contributed by atoms with Crippen molar-refractivity contribution >= 4 is 11.6 Å². The van der Waals surface area contributed by atoms with Gasteiger partial charge in [0.1, 0.15) is 23.1 Å². The van der Waals surface area contributed by atoms with Gasteiger partial charge in [-0.25, -0.2) is 0 Å². The Morgan fingerprint density at radius 2 is 2.00 bits per heavy atom. The van der Waals surface area contributed by atoms with E-state index in [-0.39, 0.29) is 17.3 Å². The summed E-state index contributed by atoms with van der Waals surface area (Å²) in [5.41, 5.74) is 9.02. The zero-order valence-corrected chi connectivity index (χ0v) is 16.4. The van der Waals surface area contributed by atoms with Gasteiger partial charge in [0, 0.05) is 16.1 Å². The monoisotopic (exact) mass is 408 g/mol. The normalized spacial score (nSPS) is 15.3. The van der Waals surface area contributed by atoms with Gasteiger partial charge >= 0.3 is 0 Å². The maximum atomic E-state index is 9.87. The van der Waals surface area contributed by atoms with Crippen LogP contribution in [0.2, 0.25) is 5.02 Å². The number of H-pyrrole nitrogens is 1. The van der Waals surface area contributed by atoms with E-state index in [0.717, 1.165) is 5.56 Å². The van der Waals surface area contributed by atoms with Crippen molar-refractivity contribution in [2.75, 3.05) is 14.2 Å². The Bertz CT molecular complexity index is 1160. The number of aromatic nitrogens is 2. The second kappa shape index (κ2) is 7.41. The van der Waals surface area contributed by atoms with Gasteiger partial charge in [-0.2, -0.15) is 5.26 Å². The van der Waals surface area contributed by atoms with Crippen LogP contribution in [0, 0.1) is 11.3 Å². The molecule has 1 atom stereocenters. The summed E-state index contributed by atoms with van der Waals surface area (Å²) in [7, 11) is 3.14. The number of methoxy groups -OCH3 is 2. The fourth-order valence-electron chi connectivity index (χ4n) is 3.49. The fourth-order valence-corrected chi connectivity index (χ4v) is 3.72. The summed E-state index contributed by atoms with van der Waals surface area (Å²) >= 11 is 6.42. The quantitative estimate of drug-likeness (QED) is 0.676. The van der Waals surface area contributed by atoms with E-state index < -0.39 is 5.92 Å². The third-order valence-electron chi connectivity index (χ3n) is 4.83. The molecular weight excluding hydrogens is 392 g/mol. The largest absolute Gasteiger partial charge is 0.497 e. The molecule has 4 rings (SSSR count). The van der Waals surface area contributed by atoms with E-state index in [4.69, 9.17) is 31.5 Å². The molecule has 0 saturated heterocycles. The molecule has 0 spiro atoms. The van der Waals surface area contributed by atoms with Crippen LogP contribution in [0.1, 0.15) is 17.0 Å². The summed E-state index contributed by atoms with van der Waals surface area (Å²) in [6.07, 6.45) is 0. The molecule has 7 nitrogen and oxygen atoms in total. The number of rotatable bonds is 4. The first kappa shape index (κ1) is 18.7. The molecule has 1 aromatic heterocycles. The standard InChI is InChI=1S/C21H17ClN4O3/c1-27-11-7-8-16(28-2)13(9-11)17-14(10-23)20(24)29-21-18(17)19(25-26-21)12-5-3-4-6-15(12)22/h3-9,17H,24H2,1-2H3,(H,25,26)/t17-/m1/s1. The SMILES string of the molecule is COc1ccc(OC)c([C@@H]2C(C#N)=C(N)Oc3n[nH]c(-c4ccccc4Cl)c32)c1. The van der Waals surface area contributed by atoms with Crippen molar-refractivity contribution < 1.29 is 14.2 Å². The van der Waals surface area contributed by atoms with Gasteiger partial charge in [0.15, 0.2) is 0 Å². The van der Waals surface area contributed by atoms with E-state index in [9.17, 15) is 5.26 Å². The predicted octanol–water partition coefficient (Wildman–Crippen LogP) is 3.97. The minimum atomic E-state index is -0.584. The molecule has 0 unspecified atom stereocenters. The number of benzene rings is 2. The number of nitrogens with one attached hydrogen (secondary N) is 1. The van der Waals surface area contributed by atoms with Gasteiger partial charge in [0.05, 0.1) is 31.4 Å². The zero-order chi connectivity index (χ0) is 20.5. The highest BCUT2D eigenvalue weighted by Crippen LogP contribution is 2.49. The Morgan fingerprint density at radius 3 is 2.69 bits per heavy atom. The number of halogens is 1. The predicted molar refractivity (Wildman–Crippen MR) is 108 cm³/mol. The van der Waals surface area contributed by atoms with Crippen LogP contribution in [-0.2, 0) is 0 Å². The maximum absolute atomic E-state index is 9.87. The summed E-state index contributed by atoms with van der Waals surface area (Å²) in [6.45, 7) is 0. The molecule has 0 saturated carbocycles. The highest BCUT2D eigenvalue weighted by atomic mass is 35.5. The Kier molecular flexibility index (Phi) is 4.79. The van der Waals surface area contributed by atoms with Crippen molar-refractivity contribution in [2.45, 2.75) is 5.92 Å². The number of nitriles is 1. The molecular formula is C21H17ClN4O3. The van der Waals surface area contributed by atoms with Crippen molar-refractivity contribution in [1.82, 2.24) is 10.2 Å². The molecule has 2 heterocycles. The van der Waals surface area contributed by atoms with Crippen molar-refractivity contribution in [2.24, 2.45) is 5.73 Å². The number of hydrogen-bond acceptors (Lipinski definition) is 6. The van der Waals surface area contributed by atoms with Gasteiger partial charge < -0.3 is 19.9 Å². The van der Waals surface area contributed by atoms with Gasteiger partial charge in [-0.1, -0.05) is 29.8 Å². The highest BCUT2D eigenvalue weighted by Gasteiger charge is 2.37. The lowest BCUT2D eigenvalue weighted by Gasteiger charge is -2.25. The van der Waals surface area contributed by atoms with Crippen LogP contribution in [0.15, 0.2) is 53.9 Å². The Hall–Kier alpha value is -3.63. The molecule has 0 fully saturated rings. The van der Waals surface area contributed by atoms with E-state index in [1.54, 1.807) is 32.4 Å². The van der Waals surface area contributed by atoms with Crippen LogP contribution in [0.4, 0.5) is 0 Å². The van der Waals surface area contributed by atoms with E-state index in [1.807, 2.05) is 24.3 Å². The molecule has 3 N–H and O–H groups in total. The van der Waals surface area contributed by atoms with Crippen LogP contribution < -0.4 is 19.9 Å². The lowest BCUT2D eigenvalue weighted by molar-refractivity contribution is 0.373. The van der Waals surface area contributed by atoms with Crippen LogP contribution in [0.25, 0.3) is 11.3 Å². The summed E-state index contributed by atoms with van der Waals surface area (Å²) in [5, 5.41) is 17.7. The van der Waals surface area contributed by atoms with Crippen molar-refractivity contribution in [1.29, 1.82) is 5.26 Å². The lowest BCUT2D eigenvalue weighted by atomic mass is 9.82. The van der Waals surface area contributed by atoms with Crippen molar-refractivity contribution in [3.8, 4) is 34.7 Å². The topological polar surface area (TPSA) is 106 Å². The average molecular weight is 409 g/mol. The van der Waals surface area contributed by atoms with E-state index in [0.29, 0.717) is 33.3 Å². The van der Waals surface area contributed by atoms with Crippen molar-refractivity contribution in [3.63, 3.8) is 0 Å². The molecule has 0 amide bonds. The second-order valence-corrected chi connectivity index (χ2v) is 6.74. The average Bonchev–Trinajstić information content (AvgIpc) is 3.15. The smallest absolute Gasteiger partial charge is 0.244 e. The number of aromatic amines is 1. The Labute approximate surface area is 172 Å². The number of nitrogens with two attached hydrogens (primary N) is 1. The number of allylic oxidation sites excluding steroid dienone is 1. The van der Waals surface area contributed by atoms with E-state index >= 15 is 0 Å². The first-order chi connectivity index (χ1) is 14.1. The van der Waals surface area contributed by atoms with Gasteiger partial charge in [-0.15, -0.1) is 5.10 Å². The molecule has 29 heavy (non-hydrogen) atoms. The second-order valence-electron chi connectivity index (χ2n) is 6.33. The van der Waals surface area contributed by atoms with E-state index in [2.05, 4.69) is 16.3 Å². The minimum absolute atomic E-state index is 0.00733. The highest BCUT2D eigenvalue weighted by molar-refractivity contribution is 6.33. The number of hydrogen-bond donors (Lipinski definition) is 2. The number of ether oxygens (including phenoxy) is 3. The molecule has 0 aliphatic carbocycles. The molecule has 0 radical (unpaired) electrons. The molecule has 3 aromatic rings. The van der Waals surface area contributed by atoms with Crippen LogP contribution in [0.3, 0.4) is 0 Å². The maximum Gasteiger partial charge on any atom is 0.244 e. The molecule has 0 bridgehead atoms. The summed E-state index contributed by atoms with van der Waals surface area (Å²) in [5.74, 6) is 0.889. The van der Waals surface area contributed by atoms with Gasteiger partial charge in [-0.3, -0.25) is 5.10 Å². The molecule has 2 aromatic carbocycles. The molecule has 1 aliphatic heterocycles. The molecule has 146 valence electrons. The fraction of sp³-hybridized carbons (Fsp3) is 0.143. The summed E-state index contributed by atoms with van der Waals surface area (Å²) in [4.78, 5) is 0. The first-order valence-electron chi connectivity index (χ1n) is 8.71. The summed E-state index contributed by atoms with van der Waals surface area (Å²) < 4.78 is 16.6. The van der Waals surface area contributed by atoms with Gasteiger partial charge in [0.2, 0.25) is 11.8 Å². The third kappa shape index (κ3) is 3.04. The molecule has 8 heteroatoms. The third-order valence-corrected chi connectivity index (χ3v) is 5.16. The van der Waals surface area contributed by atoms with Crippen molar-refractivity contribution in [3.05, 3.63) is 70.1 Å². The Balaban J connectivity index is 2.02. The minimum Gasteiger partial charge on any atom is -0.497 e. The van der Waals surface area contributed by atoms with Gasteiger partial charge in [-0.05, 0) is 24.3 Å². The number of nitrogens with zero attached hydrogens (tertiary/aromatic N) is 2. The van der Waals surface area contributed by atoms with E-state index in [1.165, 1.54) is 0 Å². The lowest BCUT2D eigenvalue weighted by Crippen LogP contribution is -2.21. The Morgan fingerprint density at radius 1 is 1.21 bits per heavy atom. The number of fused-ring (bicyclic) bond motifs is 1. The first-order valence-corrected chi connectivity index (χ1v) is 9.09. The van der Waals surface area contributed by atoms with Crippen LogP contribution >= 0.6 is 11.6 Å². The summed E-state index contributed by atoms with van der Waals surface area (Å²) in [6, 6.07) is 14.9. The molecule has 1 aliphatic rings. The van der Waals surface area contributed by atoms with Crippen LogP contribution in [0.5, 0.6) is 17.4 Å². The zero-order valence-electron chi connectivity index (χ0n) is 15.7. The van der Waals surface area contributed by atoms with Crippen LogP contribution in [-0.4, -0.2) is 24.4 Å².